The largest absolute Gasteiger partial charge is 0.566 e. The van der Waals surface area contributed by atoms with Crippen LogP contribution in [0.2, 0.25) is 5.02 Å². The monoisotopic (exact) mass is 382 g/mol. The van der Waals surface area contributed by atoms with Crippen molar-refractivity contribution in [2.24, 2.45) is 4.40 Å². The summed E-state index contributed by atoms with van der Waals surface area (Å²) in [4.78, 5) is 12.3. The number of likely N-dealkylation sites (N-methyl/N-ethyl adjacent to an activating group) is 1. The second kappa shape index (κ2) is 5.84. The summed E-state index contributed by atoms with van der Waals surface area (Å²) in [7, 11) is 2.78. The molecule has 2 rings (SSSR count). The molecule has 0 amide bonds. The number of esters is 1. The van der Waals surface area contributed by atoms with E-state index in [1.165, 1.54) is 35.9 Å². The Morgan fingerprint density at radius 2 is 2.37 bits per heavy atom. The number of allylic oxidation sites excluding steroid dienone is 1. The molecule has 9 heteroatoms. The summed E-state index contributed by atoms with van der Waals surface area (Å²) in [5.74, 6) is -0.565. The minimum atomic E-state index is -1.66. The van der Waals surface area contributed by atoms with Crippen LogP contribution in [0.15, 0.2) is 26.0 Å². The summed E-state index contributed by atoms with van der Waals surface area (Å²) >= 11 is 8.94. The van der Waals surface area contributed by atoms with Gasteiger partial charge < -0.3 is 9.29 Å². The summed E-state index contributed by atoms with van der Waals surface area (Å²) in [6.07, 6.45) is 1.53. The predicted octanol–water partition coefficient (Wildman–Crippen LogP) is 2.53. The van der Waals surface area contributed by atoms with Gasteiger partial charge in [0.15, 0.2) is 5.70 Å². The molecule has 1 aromatic heterocycles. The molecule has 1 aliphatic heterocycles. The van der Waals surface area contributed by atoms with Crippen LogP contribution < -0.4 is 0 Å². The molecule has 0 N–H and O–H groups in total. The Labute approximate surface area is 130 Å². The highest BCUT2D eigenvalue weighted by Gasteiger charge is 2.31. The van der Waals surface area contributed by atoms with Gasteiger partial charge in [-0.25, -0.2) is 4.79 Å². The van der Waals surface area contributed by atoms with Crippen LogP contribution in [-0.4, -0.2) is 34.7 Å². The van der Waals surface area contributed by atoms with Crippen molar-refractivity contribution in [1.82, 2.24) is 4.31 Å². The van der Waals surface area contributed by atoms with E-state index < -0.39 is 17.5 Å². The molecule has 102 valence electrons. The highest BCUT2D eigenvalue weighted by atomic mass is 79.9. The summed E-state index contributed by atoms with van der Waals surface area (Å²) < 4.78 is 22.5. The quantitative estimate of drug-likeness (QED) is 0.581. The average Bonchev–Trinajstić information content (AvgIpc) is 2.72. The maximum atomic E-state index is 11.9. The third-order valence-corrected chi connectivity index (χ3v) is 5.83. The van der Waals surface area contributed by atoms with Crippen molar-refractivity contribution in [3.8, 4) is 0 Å². The second-order valence-corrected chi connectivity index (χ2v) is 7.43. The fourth-order valence-electron chi connectivity index (χ4n) is 1.36. The van der Waals surface area contributed by atoms with Crippen molar-refractivity contribution in [3.63, 3.8) is 0 Å². The van der Waals surface area contributed by atoms with Gasteiger partial charge in [0.1, 0.15) is 5.71 Å². The van der Waals surface area contributed by atoms with Crippen LogP contribution in [0.5, 0.6) is 0 Å². The number of thiophene rings is 1. The van der Waals surface area contributed by atoms with Crippen LogP contribution in [0.25, 0.3) is 0 Å². The van der Waals surface area contributed by atoms with E-state index >= 15 is 0 Å². The molecular formula is C10H8BrClN2O3S2. The Morgan fingerprint density at radius 3 is 2.89 bits per heavy atom. The average molecular weight is 384 g/mol. The van der Waals surface area contributed by atoms with Gasteiger partial charge in [-0.2, -0.15) is 4.31 Å². The van der Waals surface area contributed by atoms with Crippen molar-refractivity contribution in [2.75, 3.05) is 14.2 Å². The molecule has 0 aromatic carbocycles. The highest BCUT2D eigenvalue weighted by molar-refractivity contribution is 9.11. The molecule has 19 heavy (non-hydrogen) atoms. The molecule has 0 spiro atoms. The molecule has 1 aliphatic rings. The number of methoxy groups -OCH3 is 1. The predicted molar refractivity (Wildman–Crippen MR) is 79.6 cm³/mol. The van der Waals surface area contributed by atoms with Gasteiger partial charge in [0.2, 0.25) is 11.5 Å². The first-order valence-corrected chi connectivity index (χ1v) is 7.98. The maximum Gasteiger partial charge on any atom is 0.359 e. The van der Waals surface area contributed by atoms with E-state index in [4.69, 9.17) is 11.6 Å². The minimum absolute atomic E-state index is 0.187. The van der Waals surface area contributed by atoms with Gasteiger partial charge >= 0.3 is 5.97 Å². The van der Waals surface area contributed by atoms with E-state index in [2.05, 4.69) is 25.1 Å². The van der Waals surface area contributed by atoms with Gasteiger partial charge in [0.05, 0.1) is 27.8 Å². The first kappa shape index (κ1) is 14.9. The zero-order valence-corrected chi connectivity index (χ0v) is 13.8. The van der Waals surface area contributed by atoms with E-state index in [0.29, 0.717) is 10.7 Å². The van der Waals surface area contributed by atoms with E-state index in [9.17, 15) is 9.35 Å². The van der Waals surface area contributed by atoms with Gasteiger partial charge in [-0.3, -0.25) is 0 Å². The third-order valence-electron chi connectivity index (χ3n) is 2.32. The minimum Gasteiger partial charge on any atom is -0.566 e. The van der Waals surface area contributed by atoms with Gasteiger partial charge in [0, 0.05) is 6.08 Å². The fraction of sp³-hybridized carbons (Fsp3) is 0.200. The number of carbonyl (C=O) groups is 1. The van der Waals surface area contributed by atoms with E-state index in [1.54, 1.807) is 6.07 Å². The van der Waals surface area contributed by atoms with Crippen LogP contribution >= 0.6 is 38.9 Å². The number of hydrogen-bond acceptors (Lipinski definition) is 6. The normalized spacial score (nSPS) is 19.0. The lowest BCUT2D eigenvalue weighted by Gasteiger charge is -2.21. The van der Waals surface area contributed by atoms with E-state index in [0.717, 1.165) is 8.66 Å². The van der Waals surface area contributed by atoms with Crippen LogP contribution in [0, 0.1) is 0 Å². The molecule has 0 radical (unpaired) electrons. The van der Waals surface area contributed by atoms with E-state index in [-0.39, 0.29) is 5.70 Å². The van der Waals surface area contributed by atoms with Gasteiger partial charge in [-0.1, -0.05) is 11.6 Å². The van der Waals surface area contributed by atoms with Gasteiger partial charge in [0.25, 0.3) is 0 Å². The van der Waals surface area contributed by atoms with Crippen LogP contribution in [0.3, 0.4) is 0 Å². The van der Waals surface area contributed by atoms with E-state index in [1.807, 2.05) is 0 Å². The first-order chi connectivity index (χ1) is 8.93. The number of halogens is 2. The number of ether oxygens (including phenoxy) is 1. The molecule has 2 heterocycles. The lowest BCUT2D eigenvalue weighted by Crippen LogP contribution is -2.33. The number of rotatable bonds is 2. The lowest BCUT2D eigenvalue weighted by molar-refractivity contribution is -0.137. The van der Waals surface area contributed by atoms with Crippen molar-refractivity contribution in [3.05, 3.63) is 31.5 Å². The zero-order valence-electron chi connectivity index (χ0n) is 9.85. The summed E-state index contributed by atoms with van der Waals surface area (Å²) in [6, 6.07) is 1.70. The van der Waals surface area contributed by atoms with Crippen molar-refractivity contribution in [1.29, 1.82) is 0 Å². The molecular weight excluding hydrogens is 376 g/mol. The zero-order chi connectivity index (χ0) is 14.2. The molecule has 0 aliphatic carbocycles. The summed E-state index contributed by atoms with van der Waals surface area (Å²) in [5, 5.41) is 0.542. The van der Waals surface area contributed by atoms with Crippen LogP contribution in [0.1, 0.15) is 4.88 Å². The Kier molecular flexibility index (Phi) is 4.57. The van der Waals surface area contributed by atoms with Crippen molar-refractivity contribution < 1.29 is 14.1 Å². The molecule has 1 unspecified atom stereocenters. The Bertz CT molecular complexity index is 568. The third kappa shape index (κ3) is 2.97. The van der Waals surface area contributed by atoms with Crippen molar-refractivity contribution >= 4 is 62.1 Å². The highest BCUT2D eigenvalue weighted by Crippen LogP contribution is 2.34. The Morgan fingerprint density at radius 1 is 1.68 bits per heavy atom. The Hall–Kier alpha value is -0.540. The molecule has 0 saturated heterocycles. The molecule has 1 atom stereocenters. The molecule has 1 aromatic rings. The number of carbonyl (C=O) groups excluding carboxylic acids is 1. The smallest absolute Gasteiger partial charge is 0.359 e. The van der Waals surface area contributed by atoms with Crippen LogP contribution in [0.4, 0.5) is 0 Å². The summed E-state index contributed by atoms with van der Waals surface area (Å²) in [6.45, 7) is 0. The molecule has 0 fully saturated rings. The Balaban J connectivity index is 2.43. The maximum absolute atomic E-state index is 11.9. The van der Waals surface area contributed by atoms with Crippen molar-refractivity contribution in [2.45, 2.75) is 0 Å². The summed E-state index contributed by atoms with van der Waals surface area (Å²) in [5.41, 5.74) is 0.626. The molecule has 0 bridgehead atoms. The molecule has 0 saturated carbocycles. The number of hydrogen-bond donors (Lipinski definition) is 0. The first-order valence-electron chi connectivity index (χ1n) is 4.93. The standard InChI is InChI=1S/C10H8BrClN2O3S2/c1-14-7(10(15)17-2)4-6(13-19(14)16)8-3-5(12)9(11)18-8/h3-4H,1-2H3. The fourth-order valence-corrected chi connectivity index (χ4v) is 3.81. The SMILES string of the molecule is COC(=O)C1=CC(c2cc(Cl)c(Br)s2)=N[S+]([O-])N1C. The second-order valence-electron chi connectivity index (χ2n) is 3.46. The number of nitrogens with zero attached hydrogens (tertiary/aromatic N) is 2. The van der Waals surface area contributed by atoms with Gasteiger partial charge in [-0.15, -0.1) is 11.3 Å². The topological polar surface area (TPSA) is 65.0 Å². The van der Waals surface area contributed by atoms with Crippen LogP contribution in [-0.2, 0) is 21.1 Å². The molecule has 5 nitrogen and oxygen atoms in total. The van der Waals surface area contributed by atoms with Gasteiger partial charge in [-0.05, 0) is 26.4 Å². The lowest BCUT2D eigenvalue weighted by atomic mass is 10.2.